The minimum atomic E-state index is 0.917. The van der Waals surface area contributed by atoms with E-state index in [-0.39, 0.29) is 0 Å². The van der Waals surface area contributed by atoms with Crippen LogP contribution in [-0.4, -0.2) is 19.9 Å². The van der Waals surface area contributed by atoms with Gasteiger partial charge in [-0.05, 0) is 79.3 Å². The minimum Gasteiger partial charge on any atom is -0.355 e. The first-order valence-electron chi connectivity index (χ1n) is 10.3. The molecule has 2 aliphatic rings. The second-order valence-electron chi connectivity index (χ2n) is 7.92. The molecular formula is C27H20N4. The third kappa shape index (κ3) is 3.38. The molecule has 4 aromatic rings. The Bertz CT molecular complexity index is 1440. The van der Waals surface area contributed by atoms with Gasteiger partial charge in [0, 0.05) is 27.6 Å². The van der Waals surface area contributed by atoms with Crippen LogP contribution in [0.3, 0.4) is 0 Å². The van der Waals surface area contributed by atoms with Gasteiger partial charge in [-0.3, -0.25) is 0 Å². The summed E-state index contributed by atoms with van der Waals surface area (Å²) in [5.74, 6) is 0. The van der Waals surface area contributed by atoms with E-state index >= 15 is 0 Å². The number of H-pyrrole nitrogens is 2. The fourth-order valence-corrected chi connectivity index (χ4v) is 4.02. The number of aromatic nitrogens is 4. The Morgan fingerprint density at radius 3 is 1.55 bits per heavy atom. The first-order chi connectivity index (χ1) is 15.2. The lowest BCUT2D eigenvalue weighted by Gasteiger charge is -2.05. The van der Waals surface area contributed by atoms with E-state index in [1.165, 1.54) is 5.56 Å². The van der Waals surface area contributed by atoms with Crippen molar-refractivity contribution in [2.45, 2.75) is 6.92 Å². The van der Waals surface area contributed by atoms with Gasteiger partial charge in [-0.15, -0.1) is 0 Å². The van der Waals surface area contributed by atoms with Crippen LogP contribution in [0.2, 0.25) is 0 Å². The molecule has 0 aliphatic carbocycles. The summed E-state index contributed by atoms with van der Waals surface area (Å²) in [5, 5.41) is 0. The molecule has 148 valence electrons. The Kier molecular flexibility index (Phi) is 3.96. The molecule has 0 unspecified atom stereocenters. The van der Waals surface area contributed by atoms with Crippen molar-refractivity contribution in [1.82, 2.24) is 19.9 Å². The molecule has 4 nitrogen and oxygen atoms in total. The zero-order chi connectivity index (χ0) is 20.8. The molecule has 5 heterocycles. The standard InChI is InChI=1S/C27H20N4/c1-17-2-4-18(5-3-17)27-25-12-10-23(30-25)15-21-8-6-19(28-21)14-20-7-9-22(29-20)16-24-11-13-26(27)31-24/h2-16,28-29H,1H3. The molecular weight excluding hydrogens is 380 g/mol. The summed E-state index contributed by atoms with van der Waals surface area (Å²) in [6, 6.07) is 23.1. The lowest BCUT2D eigenvalue weighted by atomic mass is 10.0. The molecule has 0 radical (unpaired) electrons. The average molecular weight is 400 g/mol. The maximum absolute atomic E-state index is 4.92. The van der Waals surface area contributed by atoms with Crippen molar-refractivity contribution < 1.29 is 0 Å². The highest BCUT2D eigenvalue weighted by Gasteiger charge is 2.13. The van der Waals surface area contributed by atoms with Gasteiger partial charge in [0.2, 0.25) is 0 Å². The molecule has 2 N–H and O–H groups in total. The molecule has 0 atom stereocenters. The molecule has 0 saturated carbocycles. The number of rotatable bonds is 1. The Morgan fingerprint density at radius 1 is 0.548 bits per heavy atom. The van der Waals surface area contributed by atoms with E-state index in [1.54, 1.807) is 0 Å². The van der Waals surface area contributed by atoms with Crippen molar-refractivity contribution in [1.29, 1.82) is 0 Å². The first kappa shape index (κ1) is 17.7. The highest BCUT2D eigenvalue weighted by Crippen LogP contribution is 2.31. The summed E-state index contributed by atoms with van der Waals surface area (Å²) >= 11 is 0. The predicted octanol–water partition coefficient (Wildman–Crippen LogP) is 6.63. The number of fused-ring (bicyclic) bond motifs is 8. The molecule has 1 aromatic carbocycles. The highest BCUT2D eigenvalue weighted by atomic mass is 14.8. The van der Waals surface area contributed by atoms with Crippen molar-refractivity contribution in [3.05, 3.63) is 95.1 Å². The second-order valence-corrected chi connectivity index (χ2v) is 7.92. The third-order valence-corrected chi connectivity index (χ3v) is 5.56. The summed E-state index contributed by atoms with van der Waals surface area (Å²) in [7, 11) is 0. The number of hydrogen-bond acceptors (Lipinski definition) is 2. The first-order valence-corrected chi connectivity index (χ1v) is 10.3. The van der Waals surface area contributed by atoms with Gasteiger partial charge in [0.15, 0.2) is 0 Å². The van der Waals surface area contributed by atoms with E-state index in [9.17, 15) is 0 Å². The average Bonchev–Trinajstić information content (AvgIpc) is 3.55. The van der Waals surface area contributed by atoms with Crippen LogP contribution < -0.4 is 0 Å². The van der Waals surface area contributed by atoms with Gasteiger partial charge < -0.3 is 9.97 Å². The van der Waals surface area contributed by atoms with Crippen LogP contribution in [0.5, 0.6) is 0 Å². The number of hydrogen-bond donors (Lipinski definition) is 2. The molecule has 4 heteroatoms. The van der Waals surface area contributed by atoms with Crippen LogP contribution in [0.1, 0.15) is 28.3 Å². The Hall–Kier alpha value is -4.18. The summed E-state index contributed by atoms with van der Waals surface area (Å²) in [4.78, 5) is 16.7. The van der Waals surface area contributed by atoms with E-state index in [2.05, 4.69) is 108 Å². The maximum atomic E-state index is 4.92. The number of nitrogens with one attached hydrogen (secondary N) is 2. The third-order valence-electron chi connectivity index (χ3n) is 5.56. The van der Waals surface area contributed by atoms with E-state index in [4.69, 9.17) is 9.97 Å². The normalized spacial score (nSPS) is 12.4. The molecule has 0 spiro atoms. The lowest BCUT2D eigenvalue weighted by molar-refractivity contribution is 1.27. The minimum absolute atomic E-state index is 0.917. The number of benzene rings is 1. The second kappa shape index (κ2) is 6.96. The zero-order valence-corrected chi connectivity index (χ0v) is 17.1. The molecule has 2 aliphatic heterocycles. The number of aromatic amines is 2. The molecule has 6 rings (SSSR count). The van der Waals surface area contributed by atoms with Crippen molar-refractivity contribution in [2.24, 2.45) is 0 Å². The fraction of sp³-hybridized carbons (Fsp3) is 0.0370. The molecule has 0 saturated heterocycles. The maximum Gasteiger partial charge on any atom is 0.0737 e. The lowest BCUT2D eigenvalue weighted by Crippen LogP contribution is -1.89. The van der Waals surface area contributed by atoms with Gasteiger partial charge in [0.1, 0.15) is 0 Å². The summed E-state index contributed by atoms with van der Waals surface area (Å²) < 4.78 is 0. The van der Waals surface area contributed by atoms with Gasteiger partial charge in [-0.25, -0.2) is 9.97 Å². The molecule has 31 heavy (non-hydrogen) atoms. The Morgan fingerprint density at radius 2 is 1.03 bits per heavy atom. The summed E-state index contributed by atoms with van der Waals surface area (Å²) in [6.45, 7) is 2.10. The predicted molar refractivity (Wildman–Crippen MR) is 129 cm³/mol. The van der Waals surface area contributed by atoms with Crippen LogP contribution in [0.15, 0.2) is 66.7 Å². The van der Waals surface area contributed by atoms with Gasteiger partial charge in [0.05, 0.1) is 22.8 Å². The van der Waals surface area contributed by atoms with Gasteiger partial charge in [-0.1, -0.05) is 29.8 Å². The van der Waals surface area contributed by atoms with Crippen LogP contribution in [0.4, 0.5) is 0 Å². The topological polar surface area (TPSA) is 57.4 Å². The molecule has 0 fully saturated rings. The largest absolute Gasteiger partial charge is 0.355 e. The summed E-state index contributed by atoms with van der Waals surface area (Å²) in [6.07, 6.45) is 8.26. The monoisotopic (exact) mass is 400 g/mol. The fourth-order valence-electron chi connectivity index (χ4n) is 4.02. The van der Waals surface area contributed by atoms with Crippen LogP contribution in [0.25, 0.3) is 57.5 Å². The Labute approximate surface area is 179 Å². The highest BCUT2D eigenvalue weighted by molar-refractivity contribution is 5.89. The van der Waals surface area contributed by atoms with E-state index in [0.717, 1.165) is 56.0 Å². The smallest absolute Gasteiger partial charge is 0.0737 e. The van der Waals surface area contributed by atoms with Gasteiger partial charge in [-0.2, -0.15) is 0 Å². The van der Waals surface area contributed by atoms with E-state index < -0.39 is 0 Å². The van der Waals surface area contributed by atoms with Crippen molar-refractivity contribution >= 4 is 46.4 Å². The van der Waals surface area contributed by atoms with E-state index in [0.29, 0.717) is 0 Å². The number of aryl methyl sites for hydroxylation is 1. The SMILES string of the molecule is Cc1ccc(-c2c3nc(cc4ccc(cc5ccc(cc6nc2C=C6)[nH]5)[nH]4)C=C3)cc1. The Balaban J connectivity index is 1.71. The van der Waals surface area contributed by atoms with Crippen LogP contribution >= 0.6 is 0 Å². The zero-order valence-electron chi connectivity index (χ0n) is 17.1. The quantitative estimate of drug-likeness (QED) is 0.325. The van der Waals surface area contributed by atoms with Gasteiger partial charge in [0.25, 0.3) is 0 Å². The van der Waals surface area contributed by atoms with Crippen molar-refractivity contribution in [2.75, 3.05) is 0 Å². The van der Waals surface area contributed by atoms with Crippen LogP contribution in [0, 0.1) is 6.92 Å². The number of nitrogens with zero attached hydrogens (tertiary/aromatic N) is 2. The van der Waals surface area contributed by atoms with Crippen molar-refractivity contribution in [3.63, 3.8) is 0 Å². The molecule has 8 bridgehead atoms. The van der Waals surface area contributed by atoms with E-state index in [1.807, 2.05) is 0 Å². The molecule has 0 amide bonds. The van der Waals surface area contributed by atoms with Crippen LogP contribution in [-0.2, 0) is 0 Å². The summed E-state index contributed by atoms with van der Waals surface area (Å²) in [5.41, 5.74) is 11.2. The molecule has 3 aromatic heterocycles. The van der Waals surface area contributed by atoms with Crippen molar-refractivity contribution in [3.8, 4) is 11.1 Å². The van der Waals surface area contributed by atoms with Gasteiger partial charge >= 0.3 is 0 Å².